The SMILES string of the molecule is N#CCSc1ccnc(C(SCCS(=O)(=O)O)C2CCCC(C(SCCS(=O)(=O)O)c3ccnc(SCC#N)n3)C2=O)n1. The van der Waals surface area contributed by atoms with Crippen molar-refractivity contribution in [2.24, 2.45) is 11.8 Å². The zero-order chi connectivity index (χ0) is 31.5. The summed E-state index contributed by atoms with van der Waals surface area (Å²) in [7, 11) is -8.51. The van der Waals surface area contributed by atoms with Crippen molar-refractivity contribution < 1.29 is 30.7 Å². The summed E-state index contributed by atoms with van der Waals surface area (Å²) in [6.45, 7) is 0. The van der Waals surface area contributed by atoms with Gasteiger partial charge in [0.1, 0.15) is 16.6 Å². The maximum Gasteiger partial charge on any atom is 0.265 e. The summed E-state index contributed by atoms with van der Waals surface area (Å²) in [4.78, 5) is 31.9. The Morgan fingerprint density at radius 1 is 0.860 bits per heavy atom. The van der Waals surface area contributed by atoms with Gasteiger partial charge in [0.05, 0.1) is 51.3 Å². The van der Waals surface area contributed by atoms with E-state index in [1.54, 1.807) is 12.1 Å². The Morgan fingerprint density at radius 2 is 1.44 bits per heavy atom. The van der Waals surface area contributed by atoms with Crippen molar-refractivity contribution in [1.29, 1.82) is 10.5 Å². The molecule has 1 fully saturated rings. The van der Waals surface area contributed by atoms with Gasteiger partial charge in [-0.15, -0.1) is 11.8 Å². The number of carbonyl (C=O) groups is 1. The molecule has 0 spiro atoms. The molecular weight excluding hydrogens is 677 g/mol. The summed E-state index contributed by atoms with van der Waals surface area (Å²) in [5, 5.41) is 17.5. The third-order valence-electron chi connectivity index (χ3n) is 6.17. The highest BCUT2D eigenvalue weighted by atomic mass is 32.2. The van der Waals surface area contributed by atoms with Crippen molar-refractivity contribution in [3.63, 3.8) is 0 Å². The standard InChI is InChI=1S/C24H28N6O7S6/c25-6-10-38-19-5-9-27-23(30-19)22(40-13-15-43(35,36)37)17-3-1-2-16(20(17)31)21(39-12-14-42(32,33)34)18-4-8-28-24(29-18)41-11-7-26/h4-5,8-9,16-17,21-22H,1-3,10-15H2,(H,32,33,34)(H,35,36,37). The average Bonchev–Trinajstić information content (AvgIpc) is 2.95. The minimum Gasteiger partial charge on any atom is -0.299 e. The predicted octanol–water partition coefficient (Wildman–Crippen LogP) is 3.51. The van der Waals surface area contributed by atoms with Crippen molar-refractivity contribution in [2.75, 3.05) is 34.5 Å². The minimum atomic E-state index is -4.26. The number of ketones is 1. The predicted molar refractivity (Wildman–Crippen MR) is 166 cm³/mol. The number of nitrogens with zero attached hydrogens (tertiary/aromatic N) is 6. The van der Waals surface area contributed by atoms with Crippen LogP contribution >= 0.6 is 47.0 Å². The van der Waals surface area contributed by atoms with Gasteiger partial charge in [-0.3, -0.25) is 13.9 Å². The second-order valence-electron chi connectivity index (χ2n) is 9.11. The molecule has 1 aliphatic carbocycles. The van der Waals surface area contributed by atoms with Gasteiger partial charge in [-0.1, -0.05) is 29.9 Å². The lowest BCUT2D eigenvalue weighted by atomic mass is 9.76. The van der Waals surface area contributed by atoms with Gasteiger partial charge in [0.15, 0.2) is 5.16 Å². The normalized spacial score (nSPS) is 18.8. The number of carbonyl (C=O) groups excluding carboxylic acids is 1. The molecule has 0 saturated heterocycles. The highest BCUT2D eigenvalue weighted by Crippen LogP contribution is 2.48. The van der Waals surface area contributed by atoms with Gasteiger partial charge < -0.3 is 0 Å². The van der Waals surface area contributed by atoms with Crippen molar-refractivity contribution in [1.82, 2.24) is 19.9 Å². The number of rotatable bonds is 16. The molecule has 43 heavy (non-hydrogen) atoms. The largest absolute Gasteiger partial charge is 0.299 e. The molecule has 19 heteroatoms. The summed E-state index contributed by atoms with van der Waals surface area (Å²) >= 11 is 4.65. The molecule has 2 heterocycles. The second-order valence-corrected chi connectivity index (χ2v) is 16.7. The van der Waals surface area contributed by atoms with Crippen LogP contribution < -0.4 is 0 Å². The van der Waals surface area contributed by atoms with E-state index in [1.165, 1.54) is 35.9 Å². The van der Waals surface area contributed by atoms with Crippen molar-refractivity contribution in [3.05, 3.63) is 36.0 Å². The lowest BCUT2D eigenvalue weighted by molar-refractivity contribution is -0.129. The van der Waals surface area contributed by atoms with Crippen molar-refractivity contribution in [2.45, 2.75) is 39.9 Å². The minimum absolute atomic E-state index is 0.00354. The highest BCUT2D eigenvalue weighted by molar-refractivity contribution is 8.01. The summed E-state index contributed by atoms with van der Waals surface area (Å²) in [5.74, 6) is -1.91. The Morgan fingerprint density at radius 3 is 2.07 bits per heavy atom. The van der Waals surface area contributed by atoms with E-state index in [9.17, 15) is 30.7 Å². The lowest BCUT2D eigenvalue weighted by Gasteiger charge is -2.36. The summed E-state index contributed by atoms with van der Waals surface area (Å²) < 4.78 is 64.4. The first kappa shape index (κ1) is 35.5. The van der Waals surface area contributed by atoms with Crippen LogP contribution in [0.3, 0.4) is 0 Å². The molecule has 1 saturated carbocycles. The summed E-state index contributed by atoms with van der Waals surface area (Å²) in [5.41, 5.74) is 0.483. The lowest BCUT2D eigenvalue weighted by Crippen LogP contribution is -2.35. The second kappa shape index (κ2) is 16.9. The van der Waals surface area contributed by atoms with Crippen LogP contribution in [-0.4, -0.2) is 86.2 Å². The third-order valence-corrected chi connectivity index (χ3v) is 12.4. The number of nitriles is 2. The summed E-state index contributed by atoms with van der Waals surface area (Å²) in [6, 6.07) is 7.30. The van der Waals surface area contributed by atoms with Crippen LogP contribution in [0.1, 0.15) is 41.3 Å². The van der Waals surface area contributed by atoms with Gasteiger partial charge >= 0.3 is 0 Å². The molecule has 3 rings (SSSR count). The molecular formula is C24H28N6O7S6. The number of thioether (sulfide) groups is 4. The van der Waals surface area contributed by atoms with Crippen molar-refractivity contribution in [3.8, 4) is 12.1 Å². The molecule has 4 atom stereocenters. The van der Waals surface area contributed by atoms with E-state index in [4.69, 9.17) is 10.5 Å². The number of hydrogen-bond donors (Lipinski definition) is 2. The topological polar surface area (TPSA) is 225 Å². The fourth-order valence-electron chi connectivity index (χ4n) is 4.42. The van der Waals surface area contributed by atoms with Crippen LogP contribution in [0.4, 0.5) is 0 Å². The maximum atomic E-state index is 14.2. The van der Waals surface area contributed by atoms with E-state index < -0.39 is 54.1 Å². The molecule has 0 radical (unpaired) electrons. The molecule has 2 N–H and O–H groups in total. The Balaban J connectivity index is 1.96. The first-order valence-corrected chi connectivity index (χ1v) is 20.0. The Kier molecular flexibility index (Phi) is 14.0. The van der Waals surface area contributed by atoms with E-state index in [0.717, 1.165) is 23.5 Å². The van der Waals surface area contributed by atoms with Gasteiger partial charge in [0.25, 0.3) is 20.2 Å². The Hall–Kier alpha value is -1.97. The number of Topliss-reactive ketones (excluding diaryl/α,β-unsaturated/α-hetero) is 1. The molecule has 2 aromatic rings. The Bertz CT molecular complexity index is 1450. The first-order valence-electron chi connectivity index (χ1n) is 12.7. The molecule has 13 nitrogen and oxygen atoms in total. The van der Waals surface area contributed by atoms with Crippen LogP contribution in [0.15, 0.2) is 34.7 Å². The van der Waals surface area contributed by atoms with Gasteiger partial charge in [0.2, 0.25) is 0 Å². The van der Waals surface area contributed by atoms with Crippen LogP contribution in [-0.2, 0) is 25.0 Å². The van der Waals surface area contributed by atoms with Crippen LogP contribution in [0.5, 0.6) is 0 Å². The van der Waals surface area contributed by atoms with Crippen LogP contribution in [0.2, 0.25) is 0 Å². The van der Waals surface area contributed by atoms with Gasteiger partial charge in [-0.05, 0) is 25.0 Å². The molecule has 0 amide bonds. The molecule has 0 aliphatic heterocycles. The highest BCUT2D eigenvalue weighted by Gasteiger charge is 2.42. The number of hydrogen-bond acceptors (Lipinski definition) is 15. The zero-order valence-corrected chi connectivity index (χ0v) is 27.5. The molecule has 2 aromatic heterocycles. The molecule has 232 valence electrons. The van der Waals surface area contributed by atoms with Crippen LogP contribution in [0, 0.1) is 34.5 Å². The third kappa shape index (κ3) is 11.8. The number of aromatic nitrogens is 4. The van der Waals surface area contributed by atoms with Crippen molar-refractivity contribution >= 4 is 73.1 Å². The Labute approximate surface area is 267 Å². The van der Waals surface area contributed by atoms with E-state index in [-0.39, 0.29) is 28.8 Å². The molecule has 1 aliphatic rings. The van der Waals surface area contributed by atoms with E-state index in [2.05, 4.69) is 19.9 Å². The maximum absolute atomic E-state index is 14.2. The fourth-order valence-corrected chi connectivity index (χ4v) is 9.98. The first-order chi connectivity index (χ1) is 20.4. The monoisotopic (exact) mass is 704 g/mol. The van der Waals surface area contributed by atoms with E-state index in [0.29, 0.717) is 41.0 Å². The van der Waals surface area contributed by atoms with Gasteiger partial charge in [-0.2, -0.15) is 39.1 Å². The molecule has 0 bridgehead atoms. The van der Waals surface area contributed by atoms with Gasteiger partial charge in [-0.25, -0.2) is 19.9 Å². The van der Waals surface area contributed by atoms with E-state index >= 15 is 0 Å². The van der Waals surface area contributed by atoms with Gasteiger partial charge in [0, 0.05) is 35.7 Å². The zero-order valence-electron chi connectivity index (χ0n) is 22.6. The smallest absolute Gasteiger partial charge is 0.265 e. The van der Waals surface area contributed by atoms with E-state index in [1.807, 2.05) is 12.1 Å². The quantitative estimate of drug-likeness (QED) is 0.110. The summed E-state index contributed by atoms with van der Waals surface area (Å²) in [6.07, 6.45) is 4.59. The average molecular weight is 705 g/mol. The van der Waals surface area contributed by atoms with Crippen LogP contribution in [0.25, 0.3) is 0 Å². The molecule has 4 unspecified atom stereocenters. The fraction of sp³-hybridized carbons (Fsp3) is 0.542. The molecule has 0 aromatic carbocycles.